The molecule has 0 fully saturated rings. The first-order valence-electron chi connectivity index (χ1n) is 5.92. The summed E-state index contributed by atoms with van der Waals surface area (Å²) in [6.07, 6.45) is 1.80. The van der Waals surface area contributed by atoms with Gasteiger partial charge in [0, 0.05) is 29.7 Å². The fourth-order valence-corrected chi connectivity index (χ4v) is 2.31. The second-order valence-corrected chi connectivity index (χ2v) is 4.47. The van der Waals surface area contributed by atoms with Crippen LogP contribution >= 0.6 is 0 Å². The molecule has 0 aliphatic rings. The van der Waals surface area contributed by atoms with Crippen molar-refractivity contribution in [2.24, 2.45) is 7.05 Å². The summed E-state index contributed by atoms with van der Waals surface area (Å²) in [4.78, 5) is 18.9. The molecule has 3 rings (SSSR count). The fourth-order valence-electron chi connectivity index (χ4n) is 2.31. The van der Waals surface area contributed by atoms with E-state index < -0.39 is 5.97 Å². The van der Waals surface area contributed by atoms with E-state index >= 15 is 0 Å². The summed E-state index contributed by atoms with van der Waals surface area (Å²) in [6, 6.07) is 7.77. The van der Waals surface area contributed by atoms with Gasteiger partial charge < -0.3 is 14.7 Å². The van der Waals surface area contributed by atoms with Crippen LogP contribution in [0.1, 0.15) is 16.3 Å². The summed E-state index contributed by atoms with van der Waals surface area (Å²) in [6.45, 7) is 1.80. The Labute approximate surface area is 109 Å². The summed E-state index contributed by atoms with van der Waals surface area (Å²) >= 11 is 0. The molecule has 2 heterocycles. The van der Waals surface area contributed by atoms with Crippen molar-refractivity contribution in [3.63, 3.8) is 0 Å². The SMILES string of the molecule is Cc1nc(-c2c[nH]c3ccccc23)c(C(=O)O)n1C. The van der Waals surface area contributed by atoms with Crippen LogP contribution in [0.5, 0.6) is 0 Å². The third-order valence-electron chi connectivity index (χ3n) is 3.37. The van der Waals surface area contributed by atoms with Gasteiger partial charge in [-0.05, 0) is 13.0 Å². The predicted molar refractivity (Wildman–Crippen MR) is 72.2 cm³/mol. The summed E-state index contributed by atoms with van der Waals surface area (Å²) < 4.78 is 1.60. The first kappa shape index (κ1) is 11.5. The molecule has 0 aliphatic carbocycles. The molecule has 0 radical (unpaired) electrons. The van der Waals surface area contributed by atoms with Gasteiger partial charge in [0.1, 0.15) is 11.5 Å². The van der Waals surface area contributed by atoms with Crippen LogP contribution in [0.3, 0.4) is 0 Å². The van der Waals surface area contributed by atoms with Crippen molar-refractivity contribution in [1.29, 1.82) is 0 Å². The van der Waals surface area contributed by atoms with E-state index in [0.717, 1.165) is 16.5 Å². The van der Waals surface area contributed by atoms with Crippen molar-refractivity contribution in [2.75, 3.05) is 0 Å². The van der Waals surface area contributed by atoms with Crippen molar-refractivity contribution in [3.8, 4) is 11.3 Å². The normalized spacial score (nSPS) is 11.1. The first-order valence-corrected chi connectivity index (χ1v) is 5.92. The van der Waals surface area contributed by atoms with Crippen molar-refractivity contribution in [1.82, 2.24) is 14.5 Å². The zero-order valence-corrected chi connectivity index (χ0v) is 10.6. The molecule has 96 valence electrons. The number of H-pyrrole nitrogens is 1. The molecule has 0 saturated heterocycles. The number of aromatic amines is 1. The van der Waals surface area contributed by atoms with Gasteiger partial charge in [-0.15, -0.1) is 0 Å². The second kappa shape index (κ2) is 3.98. The van der Waals surface area contributed by atoms with Crippen molar-refractivity contribution in [2.45, 2.75) is 6.92 Å². The highest BCUT2D eigenvalue weighted by atomic mass is 16.4. The number of carbonyl (C=O) groups is 1. The lowest BCUT2D eigenvalue weighted by atomic mass is 10.1. The van der Waals surface area contributed by atoms with Crippen LogP contribution in [0.2, 0.25) is 0 Å². The lowest BCUT2D eigenvalue weighted by molar-refractivity contribution is 0.0687. The van der Waals surface area contributed by atoms with E-state index in [-0.39, 0.29) is 5.69 Å². The van der Waals surface area contributed by atoms with E-state index in [2.05, 4.69) is 9.97 Å². The Balaban J connectivity index is 2.33. The molecule has 0 saturated carbocycles. The molecule has 1 aromatic carbocycles. The van der Waals surface area contributed by atoms with Gasteiger partial charge in [-0.25, -0.2) is 9.78 Å². The minimum atomic E-state index is -0.969. The topological polar surface area (TPSA) is 70.9 Å². The molecule has 5 heteroatoms. The Kier molecular flexibility index (Phi) is 2.41. The lowest BCUT2D eigenvalue weighted by Crippen LogP contribution is -2.06. The third kappa shape index (κ3) is 1.62. The highest BCUT2D eigenvalue weighted by Gasteiger charge is 2.21. The molecule has 2 aromatic heterocycles. The van der Waals surface area contributed by atoms with E-state index in [1.54, 1.807) is 24.7 Å². The Morgan fingerprint density at radius 1 is 1.37 bits per heavy atom. The molecular weight excluding hydrogens is 242 g/mol. The number of nitrogens with zero attached hydrogens (tertiary/aromatic N) is 2. The Morgan fingerprint density at radius 2 is 2.11 bits per heavy atom. The number of hydrogen-bond acceptors (Lipinski definition) is 2. The van der Waals surface area contributed by atoms with E-state index in [4.69, 9.17) is 0 Å². The highest BCUT2D eigenvalue weighted by Crippen LogP contribution is 2.30. The van der Waals surface area contributed by atoms with Crippen LogP contribution in [0.4, 0.5) is 0 Å². The molecule has 0 aliphatic heterocycles. The molecule has 0 spiro atoms. The minimum Gasteiger partial charge on any atom is -0.477 e. The molecule has 0 unspecified atom stereocenters. The Bertz CT molecular complexity index is 783. The van der Waals surface area contributed by atoms with E-state index in [1.807, 2.05) is 24.3 Å². The molecular formula is C14H13N3O2. The predicted octanol–water partition coefficient (Wildman–Crippen LogP) is 2.58. The van der Waals surface area contributed by atoms with Crippen molar-refractivity contribution in [3.05, 3.63) is 42.0 Å². The molecule has 19 heavy (non-hydrogen) atoms. The van der Waals surface area contributed by atoms with Crippen LogP contribution in [-0.2, 0) is 7.05 Å². The number of carboxylic acid groups (broad SMARTS) is 1. The number of rotatable bonds is 2. The van der Waals surface area contributed by atoms with Gasteiger partial charge >= 0.3 is 5.97 Å². The van der Waals surface area contributed by atoms with E-state index in [1.165, 1.54) is 0 Å². The maximum absolute atomic E-state index is 11.4. The molecule has 0 amide bonds. The van der Waals surface area contributed by atoms with Gasteiger partial charge in [0.25, 0.3) is 0 Å². The number of imidazole rings is 1. The zero-order chi connectivity index (χ0) is 13.6. The zero-order valence-electron chi connectivity index (χ0n) is 10.6. The number of aromatic carboxylic acids is 1. The minimum absolute atomic E-state index is 0.210. The van der Waals surface area contributed by atoms with Gasteiger partial charge in [0.15, 0.2) is 5.69 Å². The highest BCUT2D eigenvalue weighted by molar-refractivity contribution is 6.01. The number of hydrogen-bond donors (Lipinski definition) is 2. The number of carboxylic acids is 1. The average molecular weight is 255 g/mol. The molecule has 2 N–H and O–H groups in total. The largest absolute Gasteiger partial charge is 0.477 e. The number of fused-ring (bicyclic) bond motifs is 1. The molecule has 0 atom stereocenters. The number of aromatic nitrogens is 3. The summed E-state index contributed by atoms with van der Waals surface area (Å²) in [5.74, 6) is -0.291. The van der Waals surface area contributed by atoms with Gasteiger partial charge in [0.2, 0.25) is 0 Å². The van der Waals surface area contributed by atoms with Crippen molar-refractivity contribution >= 4 is 16.9 Å². The van der Waals surface area contributed by atoms with E-state index in [0.29, 0.717) is 11.5 Å². The second-order valence-electron chi connectivity index (χ2n) is 4.47. The van der Waals surface area contributed by atoms with Crippen molar-refractivity contribution < 1.29 is 9.90 Å². The number of nitrogens with one attached hydrogen (secondary N) is 1. The van der Waals surface area contributed by atoms with Crippen LogP contribution in [-0.4, -0.2) is 25.6 Å². The standard InChI is InChI=1S/C14H13N3O2/c1-8-16-12(13(14(18)19)17(8)2)10-7-15-11-6-4-3-5-9(10)11/h3-7,15H,1-2H3,(H,18,19). The maximum atomic E-state index is 11.4. The van der Waals surface area contributed by atoms with E-state index in [9.17, 15) is 9.90 Å². The fraction of sp³-hybridized carbons (Fsp3) is 0.143. The maximum Gasteiger partial charge on any atom is 0.354 e. The van der Waals surface area contributed by atoms with Gasteiger partial charge in [0.05, 0.1) is 0 Å². The lowest BCUT2D eigenvalue weighted by Gasteiger charge is -2.00. The monoisotopic (exact) mass is 255 g/mol. The quantitative estimate of drug-likeness (QED) is 0.739. The molecule has 0 bridgehead atoms. The summed E-state index contributed by atoms with van der Waals surface area (Å²) in [5, 5.41) is 10.3. The smallest absolute Gasteiger partial charge is 0.354 e. The molecule has 5 nitrogen and oxygen atoms in total. The Morgan fingerprint density at radius 3 is 2.84 bits per heavy atom. The number of aryl methyl sites for hydroxylation is 1. The van der Waals surface area contributed by atoms with Gasteiger partial charge in [-0.1, -0.05) is 18.2 Å². The average Bonchev–Trinajstić information content (AvgIpc) is 2.92. The summed E-state index contributed by atoms with van der Waals surface area (Å²) in [7, 11) is 1.71. The molecule has 3 aromatic rings. The van der Waals surface area contributed by atoms with Crippen LogP contribution in [0, 0.1) is 6.92 Å². The first-order chi connectivity index (χ1) is 9.09. The Hall–Kier alpha value is -2.56. The number of benzene rings is 1. The van der Waals surface area contributed by atoms with Crippen LogP contribution in [0.25, 0.3) is 22.2 Å². The number of para-hydroxylation sites is 1. The summed E-state index contributed by atoms with van der Waals surface area (Å²) in [5.41, 5.74) is 2.50. The van der Waals surface area contributed by atoms with Gasteiger partial charge in [-0.2, -0.15) is 0 Å². The van der Waals surface area contributed by atoms with Gasteiger partial charge in [-0.3, -0.25) is 0 Å². The van der Waals surface area contributed by atoms with Crippen LogP contribution < -0.4 is 0 Å². The van der Waals surface area contributed by atoms with Crippen LogP contribution in [0.15, 0.2) is 30.5 Å². The third-order valence-corrected chi connectivity index (χ3v) is 3.37.